The van der Waals surface area contributed by atoms with Crippen LogP contribution in [0.3, 0.4) is 0 Å². The molecule has 1 unspecified atom stereocenters. The van der Waals surface area contributed by atoms with Crippen LogP contribution in [0.25, 0.3) is 0 Å². The van der Waals surface area contributed by atoms with Crippen molar-refractivity contribution in [3.05, 3.63) is 0 Å². The third kappa shape index (κ3) is 5.00. The number of carboxylic acids is 1. The monoisotopic (exact) mass is 279 g/mol. The molecule has 19 heavy (non-hydrogen) atoms. The summed E-state index contributed by atoms with van der Waals surface area (Å²) >= 11 is 0. The minimum Gasteiger partial charge on any atom is -0.481 e. The number of carbonyl (C=O) groups excluding carboxylic acids is 1. The van der Waals surface area contributed by atoms with Gasteiger partial charge in [0.25, 0.3) is 5.92 Å². The summed E-state index contributed by atoms with van der Waals surface area (Å²) < 4.78 is 32.0. The highest BCUT2D eigenvalue weighted by Crippen LogP contribution is 2.29. The smallest absolute Gasteiger partial charge is 0.410 e. The number of rotatable bonds is 1. The van der Waals surface area contributed by atoms with E-state index < -0.39 is 42.5 Å². The van der Waals surface area contributed by atoms with Crippen LogP contribution in [0.5, 0.6) is 0 Å². The number of alkyl halides is 2. The van der Waals surface area contributed by atoms with E-state index in [9.17, 15) is 18.4 Å². The van der Waals surface area contributed by atoms with Crippen LogP contribution in [0.15, 0.2) is 0 Å². The van der Waals surface area contributed by atoms with Crippen LogP contribution in [-0.4, -0.2) is 46.7 Å². The maximum Gasteiger partial charge on any atom is 0.410 e. The first-order valence-electron chi connectivity index (χ1n) is 6.09. The number of hydrogen-bond acceptors (Lipinski definition) is 3. The minimum absolute atomic E-state index is 0.151. The SMILES string of the molecule is CC(C)(C)OC(=O)N1CC(C(=O)O)CCC(F)(F)C1. The third-order valence-corrected chi connectivity index (χ3v) is 2.72. The Morgan fingerprint density at radius 3 is 2.42 bits per heavy atom. The molecule has 1 aliphatic heterocycles. The predicted octanol–water partition coefficient (Wildman–Crippen LogP) is 2.35. The number of nitrogens with zero attached hydrogens (tertiary/aromatic N) is 1. The van der Waals surface area contributed by atoms with Gasteiger partial charge in [-0.05, 0) is 27.2 Å². The predicted molar refractivity (Wildman–Crippen MR) is 63.1 cm³/mol. The van der Waals surface area contributed by atoms with E-state index in [1.54, 1.807) is 20.8 Å². The van der Waals surface area contributed by atoms with Gasteiger partial charge < -0.3 is 14.7 Å². The van der Waals surface area contributed by atoms with E-state index in [-0.39, 0.29) is 13.0 Å². The minimum atomic E-state index is -3.08. The van der Waals surface area contributed by atoms with Gasteiger partial charge in [-0.2, -0.15) is 0 Å². The highest BCUT2D eigenvalue weighted by molar-refractivity contribution is 5.73. The summed E-state index contributed by atoms with van der Waals surface area (Å²) in [5, 5.41) is 8.94. The van der Waals surface area contributed by atoms with Crippen molar-refractivity contribution < 1.29 is 28.2 Å². The Bertz CT molecular complexity index is 365. The number of ether oxygens (including phenoxy) is 1. The third-order valence-electron chi connectivity index (χ3n) is 2.72. The molecule has 0 aromatic carbocycles. The summed E-state index contributed by atoms with van der Waals surface area (Å²) in [6, 6.07) is 0. The molecular weight excluding hydrogens is 260 g/mol. The molecule has 1 saturated heterocycles. The first-order valence-corrected chi connectivity index (χ1v) is 6.09. The number of aliphatic carboxylic acids is 1. The van der Waals surface area contributed by atoms with Gasteiger partial charge >= 0.3 is 12.1 Å². The number of amides is 1. The van der Waals surface area contributed by atoms with Crippen LogP contribution >= 0.6 is 0 Å². The van der Waals surface area contributed by atoms with Crippen molar-refractivity contribution in [1.82, 2.24) is 4.90 Å². The van der Waals surface area contributed by atoms with Crippen molar-refractivity contribution in [2.24, 2.45) is 5.92 Å². The molecule has 0 saturated carbocycles. The molecule has 0 spiro atoms. The molecule has 0 bridgehead atoms. The second-order valence-electron chi connectivity index (χ2n) is 5.79. The maximum atomic E-state index is 13.5. The van der Waals surface area contributed by atoms with Crippen molar-refractivity contribution >= 4 is 12.1 Å². The fourth-order valence-corrected chi connectivity index (χ4v) is 1.83. The lowest BCUT2D eigenvalue weighted by Gasteiger charge is -2.28. The molecule has 1 aliphatic rings. The Labute approximate surface area is 110 Å². The van der Waals surface area contributed by atoms with Crippen LogP contribution in [0, 0.1) is 5.92 Å². The van der Waals surface area contributed by atoms with Gasteiger partial charge in [-0.3, -0.25) is 4.79 Å². The fraction of sp³-hybridized carbons (Fsp3) is 0.833. The first-order chi connectivity index (χ1) is 8.50. The summed E-state index contributed by atoms with van der Waals surface area (Å²) in [5.41, 5.74) is -0.808. The van der Waals surface area contributed by atoms with Crippen LogP contribution in [0.2, 0.25) is 0 Å². The molecule has 1 fully saturated rings. The molecule has 5 nitrogen and oxygen atoms in total. The number of carbonyl (C=O) groups is 2. The first kappa shape index (κ1) is 15.7. The van der Waals surface area contributed by atoms with Gasteiger partial charge in [0.1, 0.15) is 5.60 Å². The van der Waals surface area contributed by atoms with E-state index in [4.69, 9.17) is 9.84 Å². The Balaban J connectivity index is 2.83. The Morgan fingerprint density at radius 1 is 1.37 bits per heavy atom. The number of likely N-dealkylation sites (tertiary alicyclic amines) is 1. The van der Waals surface area contributed by atoms with Crippen molar-refractivity contribution in [3.63, 3.8) is 0 Å². The van der Waals surface area contributed by atoms with E-state index in [2.05, 4.69) is 0 Å². The highest BCUT2D eigenvalue weighted by atomic mass is 19.3. The van der Waals surface area contributed by atoms with E-state index in [0.717, 1.165) is 4.90 Å². The molecule has 1 N–H and O–H groups in total. The molecule has 1 heterocycles. The van der Waals surface area contributed by atoms with Crippen molar-refractivity contribution in [2.75, 3.05) is 13.1 Å². The summed E-state index contributed by atoms with van der Waals surface area (Å²) in [4.78, 5) is 23.5. The van der Waals surface area contributed by atoms with Gasteiger partial charge in [0.15, 0.2) is 0 Å². The Kier molecular flexibility index (Phi) is 4.37. The van der Waals surface area contributed by atoms with Crippen LogP contribution in [-0.2, 0) is 9.53 Å². The second kappa shape index (κ2) is 5.30. The summed E-state index contributed by atoms with van der Waals surface area (Å²) in [6.45, 7) is 3.81. The van der Waals surface area contributed by atoms with E-state index >= 15 is 0 Å². The Hall–Kier alpha value is -1.40. The molecule has 0 aromatic heterocycles. The molecule has 0 aromatic rings. The fourth-order valence-electron chi connectivity index (χ4n) is 1.83. The molecular formula is C12H19F2NO4. The van der Waals surface area contributed by atoms with Crippen molar-refractivity contribution in [2.45, 2.75) is 45.1 Å². The second-order valence-corrected chi connectivity index (χ2v) is 5.79. The van der Waals surface area contributed by atoms with Crippen LogP contribution < -0.4 is 0 Å². The topological polar surface area (TPSA) is 66.8 Å². The zero-order valence-corrected chi connectivity index (χ0v) is 11.3. The maximum absolute atomic E-state index is 13.5. The van der Waals surface area contributed by atoms with Gasteiger partial charge in [0.2, 0.25) is 0 Å². The average molecular weight is 279 g/mol. The van der Waals surface area contributed by atoms with E-state index in [1.807, 2.05) is 0 Å². The zero-order valence-electron chi connectivity index (χ0n) is 11.3. The quantitative estimate of drug-likeness (QED) is 0.800. The van der Waals surface area contributed by atoms with Crippen LogP contribution in [0.4, 0.5) is 13.6 Å². The van der Waals surface area contributed by atoms with E-state index in [1.165, 1.54) is 0 Å². The lowest BCUT2D eigenvalue weighted by molar-refractivity contribution is -0.142. The van der Waals surface area contributed by atoms with Gasteiger partial charge in [-0.1, -0.05) is 0 Å². The van der Waals surface area contributed by atoms with Gasteiger partial charge in [-0.15, -0.1) is 0 Å². The van der Waals surface area contributed by atoms with Crippen molar-refractivity contribution in [1.29, 1.82) is 0 Å². The van der Waals surface area contributed by atoms with Gasteiger partial charge in [-0.25, -0.2) is 13.6 Å². The molecule has 1 amide bonds. The molecule has 7 heteroatoms. The van der Waals surface area contributed by atoms with Gasteiger partial charge in [0, 0.05) is 13.0 Å². The lowest BCUT2D eigenvalue weighted by atomic mass is 10.0. The van der Waals surface area contributed by atoms with Gasteiger partial charge in [0.05, 0.1) is 12.5 Å². The average Bonchev–Trinajstić information content (AvgIpc) is 2.34. The Morgan fingerprint density at radius 2 is 1.95 bits per heavy atom. The zero-order chi connectivity index (χ0) is 14.8. The summed E-state index contributed by atoms with van der Waals surface area (Å²) in [7, 11) is 0. The number of halogens is 2. The van der Waals surface area contributed by atoms with E-state index in [0.29, 0.717) is 0 Å². The number of carboxylic acid groups (broad SMARTS) is 1. The number of hydrogen-bond donors (Lipinski definition) is 1. The highest BCUT2D eigenvalue weighted by Gasteiger charge is 2.41. The largest absolute Gasteiger partial charge is 0.481 e. The summed E-state index contributed by atoms with van der Waals surface area (Å²) in [5.74, 6) is -5.24. The lowest BCUT2D eigenvalue weighted by Crippen LogP contribution is -2.44. The standard InChI is InChI=1S/C12H19F2NO4/c1-11(2,3)19-10(18)15-6-8(9(16)17)4-5-12(13,14)7-15/h8H,4-7H2,1-3H3,(H,16,17). The molecule has 0 radical (unpaired) electrons. The van der Waals surface area contributed by atoms with Crippen molar-refractivity contribution in [3.8, 4) is 0 Å². The molecule has 0 aliphatic carbocycles. The molecule has 1 atom stereocenters. The molecule has 1 rings (SSSR count). The van der Waals surface area contributed by atoms with Crippen LogP contribution in [0.1, 0.15) is 33.6 Å². The normalized spacial score (nSPS) is 23.6. The molecule has 110 valence electrons. The summed E-state index contributed by atoms with van der Waals surface area (Å²) in [6.07, 6.45) is -1.59.